The van der Waals surface area contributed by atoms with E-state index in [1.54, 1.807) is 14.2 Å². The average molecular weight is 411 g/mol. The van der Waals surface area contributed by atoms with Crippen molar-refractivity contribution in [1.29, 1.82) is 0 Å². The Bertz CT molecular complexity index is 900. The minimum absolute atomic E-state index is 0.0156. The largest absolute Gasteiger partial charge is 0.497 e. The summed E-state index contributed by atoms with van der Waals surface area (Å²) in [4.78, 5) is 15.0. The van der Waals surface area contributed by atoms with Gasteiger partial charge in [0.15, 0.2) is 0 Å². The molecule has 2 aromatic carbocycles. The van der Waals surface area contributed by atoms with E-state index in [0.717, 1.165) is 41.9 Å². The first kappa shape index (κ1) is 20.5. The Morgan fingerprint density at radius 3 is 2.43 bits per heavy atom. The normalized spacial score (nSPS) is 23.3. The maximum absolute atomic E-state index is 13.1. The van der Waals surface area contributed by atoms with Crippen LogP contribution in [0, 0.1) is 13.8 Å². The van der Waals surface area contributed by atoms with Crippen LogP contribution in [0.3, 0.4) is 0 Å². The third-order valence-corrected chi connectivity index (χ3v) is 5.89. The van der Waals surface area contributed by atoms with E-state index >= 15 is 0 Å². The second-order valence-corrected chi connectivity index (χ2v) is 8.02. The molecule has 2 aliphatic rings. The Labute approximate surface area is 177 Å². The molecule has 3 atom stereocenters. The molecule has 2 saturated heterocycles. The van der Waals surface area contributed by atoms with E-state index in [0.29, 0.717) is 18.0 Å². The lowest BCUT2D eigenvalue weighted by atomic mass is 9.89. The van der Waals surface area contributed by atoms with Gasteiger partial charge >= 0.3 is 0 Å². The summed E-state index contributed by atoms with van der Waals surface area (Å²) in [6.45, 7) is 5.33. The van der Waals surface area contributed by atoms with Gasteiger partial charge in [0.2, 0.25) is 6.10 Å². The van der Waals surface area contributed by atoms with E-state index in [1.165, 1.54) is 0 Å². The van der Waals surface area contributed by atoms with Crippen LogP contribution in [-0.4, -0.2) is 50.4 Å². The van der Waals surface area contributed by atoms with Crippen LogP contribution in [0.25, 0.3) is 0 Å². The fourth-order valence-corrected chi connectivity index (χ4v) is 4.17. The number of hydrogen-bond donors (Lipinski definition) is 0. The molecular weight excluding hydrogens is 382 g/mol. The highest BCUT2D eigenvalue weighted by Crippen LogP contribution is 2.41. The molecular formula is C24H29NO5. The summed E-state index contributed by atoms with van der Waals surface area (Å²) in [5.41, 5.74) is 3.03. The predicted molar refractivity (Wildman–Crippen MR) is 113 cm³/mol. The third kappa shape index (κ3) is 3.97. The number of methoxy groups -OCH3 is 2. The van der Waals surface area contributed by atoms with Crippen molar-refractivity contribution in [3.05, 3.63) is 53.1 Å². The molecule has 0 bridgehead atoms. The number of aryl methyl sites for hydroxylation is 2. The minimum atomic E-state index is -0.594. The maximum Gasteiger partial charge on any atom is 0.266 e. The summed E-state index contributed by atoms with van der Waals surface area (Å²) in [7, 11) is 3.25. The molecule has 3 unspecified atom stereocenters. The molecule has 0 radical (unpaired) electrons. The monoisotopic (exact) mass is 411 g/mol. The first-order chi connectivity index (χ1) is 14.5. The number of ether oxygens (including phenoxy) is 4. The molecule has 6 heteroatoms. The number of nitrogens with zero attached hydrogens (tertiary/aromatic N) is 1. The summed E-state index contributed by atoms with van der Waals surface area (Å²) in [5.74, 6) is 2.10. The van der Waals surface area contributed by atoms with Gasteiger partial charge in [0, 0.05) is 19.2 Å². The van der Waals surface area contributed by atoms with E-state index in [4.69, 9.17) is 18.9 Å². The zero-order valence-corrected chi connectivity index (χ0v) is 18.0. The van der Waals surface area contributed by atoms with Crippen LogP contribution in [0.5, 0.6) is 17.2 Å². The Morgan fingerprint density at radius 2 is 1.80 bits per heavy atom. The molecule has 4 rings (SSSR count). The molecule has 2 heterocycles. The molecule has 2 aliphatic heterocycles. The van der Waals surface area contributed by atoms with Gasteiger partial charge in [-0.25, -0.2) is 0 Å². The molecule has 1 amide bonds. The highest BCUT2D eigenvalue weighted by molar-refractivity contribution is 5.89. The van der Waals surface area contributed by atoms with Crippen molar-refractivity contribution in [2.45, 2.75) is 44.9 Å². The number of amides is 1. The van der Waals surface area contributed by atoms with Gasteiger partial charge in [0.25, 0.3) is 5.91 Å². The van der Waals surface area contributed by atoms with E-state index in [9.17, 15) is 4.79 Å². The van der Waals surface area contributed by atoms with Gasteiger partial charge < -0.3 is 23.8 Å². The zero-order chi connectivity index (χ0) is 21.3. The van der Waals surface area contributed by atoms with Gasteiger partial charge in [-0.15, -0.1) is 0 Å². The molecule has 6 nitrogen and oxygen atoms in total. The number of carbonyl (C=O) groups excluding carboxylic acids is 1. The van der Waals surface area contributed by atoms with Crippen molar-refractivity contribution < 1.29 is 23.7 Å². The fourth-order valence-electron chi connectivity index (χ4n) is 4.17. The molecule has 2 aromatic rings. The van der Waals surface area contributed by atoms with Gasteiger partial charge in [-0.2, -0.15) is 0 Å². The fraction of sp³-hybridized carbons (Fsp3) is 0.458. The van der Waals surface area contributed by atoms with Crippen LogP contribution in [0.4, 0.5) is 0 Å². The topological polar surface area (TPSA) is 57.2 Å². The number of β-lactam (4-membered cyclic amide) rings is 1. The van der Waals surface area contributed by atoms with E-state index < -0.39 is 6.10 Å². The minimum Gasteiger partial charge on any atom is -0.497 e. The van der Waals surface area contributed by atoms with E-state index in [1.807, 2.05) is 55.1 Å². The summed E-state index contributed by atoms with van der Waals surface area (Å²) < 4.78 is 23.0. The van der Waals surface area contributed by atoms with Gasteiger partial charge in [0.1, 0.15) is 23.3 Å². The Morgan fingerprint density at radius 1 is 1.07 bits per heavy atom. The zero-order valence-electron chi connectivity index (χ0n) is 18.0. The number of likely N-dealkylation sites (tertiary alicyclic amines) is 1. The van der Waals surface area contributed by atoms with Crippen LogP contribution in [0.15, 0.2) is 36.4 Å². The smallest absolute Gasteiger partial charge is 0.266 e. The van der Waals surface area contributed by atoms with Gasteiger partial charge in [-0.05, 0) is 61.6 Å². The standard InChI is InChI=1S/C24H29NO5/c1-15-7-8-16(2)21(10-15)30-23-22(17-11-19(27-3)13-20(12-17)28-4)25(24(23)26)14-18-6-5-9-29-18/h7-8,10-13,18,22-23H,5-6,9,14H2,1-4H3. The second kappa shape index (κ2) is 8.56. The summed E-state index contributed by atoms with van der Waals surface area (Å²) in [6, 6.07) is 11.5. The van der Waals surface area contributed by atoms with Crippen LogP contribution in [0.1, 0.15) is 35.6 Å². The van der Waals surface area contributed by atoms with E-state index in [-0.39, 0.29) is 18.1 Å². The average Bonchev–Trinajstić information content (AvgIpc) is 3.27. The maximum atomic E-state index is 13.1. The third-order valence-electron chi connectivity index (χ3n) is 5.89. The van der Waals surface area contributed by atoms with Gasteiger partial charge in [0.05, 0.1) is 20.3 Å². The molecule has 0 aliphatic carbocycles. The first-order valence-corrected chi connectivity index (χ1v) is 10.4. The van der Waals surface area contributed by atoms with Gasteiger partial charge in [-0.3, -0.25) is 4.79 Å². The highest BCUT2D eigenvalue weighted by atomic mass is 16.5. The molecule has 0 N–H and O–H groups in total. The number of benzene rings is 2. The lowest BCUT2D eigenvalue weighted by Crippen LogP contribution is -2.62. The lowest BCUT2D eigenvalue weighted by molar-refractivity contribution is -0.167. The molecule has 0 saturated carbocycles. The van der Waals surface area contributed by atoms with E-state index in [2.05, 4.69) is 0 Å². The van der Waals surface area contributed by atoms with Crippen molar-refractivity contribution in [2.24, 2.45) is 0 Å². The number of hydrogen-bond acceptors (Lipinski definition) is 5. The molecule has 0 spiro atoms. The van der Waals surface area contributed by atoms with Gasteiger partial charge in [-0.1, -0.05) is 12.1 Å². The second-order valence-electron chi connectivity index (χ2n) is 8.02. The summed E-state index contributed by atoms with van der Waals surface area (Å²) in [6.07, 6.45) is 1.49. The lowest BCUT2D eigenvalue weighted by Gasteiger charge is -2.47. The van der Waals surface area contributed by atoms with Crippen molar-refractivity contribution in [2.75, 3.05) is 27.4 Å². The molecule has 2 fully saturated rings. The Balaban J connectivity index is 1.66. The van der Waals surface area contributed by atoms with Crippen LogP contribution in [0.2, 0.25) is 0 Å². The highest BCUT2D eigenvalue weighted by Gasteiger charge is 2.51. The molecule has 160 valence electrons. The van der Waals surface area contributed by atoms with Crippen LogP contribution >= 0.6 is 0 Å². The molecule has 0 aromatic heterocycles. The summed E-state index contributed by atoms with van der Waals surface area (Å²) >= 11 is 0. The quantitative estimate of drug-likeness (QED) is 0.648. The van der Waals surface area contributed by atoms with Crippen molar-refractivity contribution in [3.8, 4) is 17.2 Å². The van der Waals surface area contributed by atoms with Crippen LogP contribution in [-0.2, 0) is 9.53 Å². The van der Waals surface area contributed by atoms with Crippen molar-refractivity contribution in [1.82, 2.24) is 4.90 Å². The predicted octanol–water partition coefficient (Wildman–Crippen LogP) is 3.83. The molecule has 30 heavy (non-hydrogen) atoms. The SMILES string of the molecule is COc1cc(OC)cc(C2C(Oc3cc(C)ccc3C)C(=O)N2CC2CCCO2)c1. The number of carbonyl (C=O) groups is 1. The number of rotatable bonds is 7. The van der Waals surface area contributed by atoms with Crippen LogP contribution < -0.4 is 14.2 Å². The first-order valence-electron chi connectivity index (χ1n) is 10.4. The Hall–Kier alpha value is -2.73. The summed E-state index contributed by atoms with van der Waals surface area (Å²) in [5, 5.41) is 0. The van der Waals surface area contributed by atoms with Crippen molar-refractivity contribution >= 4 is 5.91 Å². The van der Waals surface area contributed by atoms with Crippen molar-refractivity contribution in [3.63, 3.8) is 0 Å². The Kier molecular flexibility index (Phi) is 5.86.